The molecule has 1 heterocycles. The fourth-order valence-electron chi connectivity index (χ4n) is 10.6. The maximum absolute atomic E-state index is 14.0. The van der Waals surface area contributed by atoms with Gasteiger partial charge in [-0.1, -0.05) is 170 Å². The van der Waals surface area contributed by atoms with Gasteiger partial charge in [0.05, 0.1) is 16.4 Å². The van der Waals surface area contributed by atoms with Gasteiger partial charge in [-0.15, -0.1) is 0 Å². The summed E-state index contributed by atoms with van der Waals surface area (Å²) in [6.07, 6.45) is 0. The first kappa shape index (κ1) is 33.3. The number of hydrogen-bond acceptors (Lipinski definition) is 4. The molecule has 0 bridgehead atoms. The average molecular weight is 727 g/mol. The zero-order chi connectivity index (χ0) is 37.9. The maximum atomic E-state index is 14.0. The van der Waals surface area contributed by atoms with Crippen molar-refractivity contribution in [2.75, 3.05) is 0 Å². The number of carbonyl (C=O) groups is 1. The van der Waals surface area contributed by atoms with E-state index >= 15 is 0 Å². The van der Waals surface area contributed by atoms with Crippen molar-refractivity contribution < 1.29 is 18.8 Å². The number of benzene rings is 7. The normalized spacial score (nSPS) is 22.9. The molecule has 5 heteroatoms. The summed E-state index contributed by atoms with van der Waals surface area (Å²) >= 11 is 0. The second-order valence-electron chi connectivity index (χ2n) is 16.2. The van der Waals surface area contributed by atoms with E-state index in [-0.39, 0.29) is 6.61 Å². The van der Waals surface area contributed by atoms with E-state index < -0.39 is 35.1 Å². The third-order valence-electron chi connectivity index (χ3n) is 13.3. The minimum atomic E-state index is -1.36. The molecule has 4 aliphatic rings. The Labute approximate surface area is 327 Å². The summed E-state index contributed by atoms with van der Waals surface area (Å²) in [7, 11) is -0.814. The van der Waals surface area contributed by atoms with Gasteiger partial charge in [-0.05, 0) is 98.6 Å². The first-order valence-electron chi connectivity index (χ1n) is 19.5. The van der Waals surface area contributed by atoms with Crippen LogP contribution in [0.2, 0.25) is 0 Å². The summed E-state index contributed by atoms with van der Waals surface area (Å²) in [6, 6.07) is 61.1. The fourth-order valence-corrected chi connectivity index (χ4v) is 10.6. The predicted octanol–water partition coefficient (Wildman–Crippen LogP) is 9.75. The number of rotatable bonds is 5. The summed E-state index contributed by atoms with van der Waals surface area (Å²) in [5.74, 6) is -0.448. The summed E-state index contributed by atoms with van der Waals surface area (Å²) in [6.45, 7) is 5.79. The van der Waals surface area contributed by atoms with Crippen LogP contribution in [0.4, 0.5) is 0 Å². The molecule has 3 atom stereocenters. The lowest BCUT2D eigenvalue weighted by Crippen LogP contribution is -2.52. The number of hydrogen-bond donors (Lipinski definition) is 0. The van der Waals surface area contributed by atoms with Crippen LogP contribution in [0.5, 0.6) is 0 Å². The molecule has 1 saturated heterocycles. The van der Waals surface area contributed by atoms with Gasteiger partial charge in [0.15, 0.2) is 5.60 Å². The molecular formula is C51H39BO4. The molecule has 3 unspecified atom stereocenters. The molecule has 270 valence electrons. The molecule has 0 amide bonds. The van der Waals surface area contributed by atoms with Gasteiger partial charge in [-0.3, -0.25) is 0 Å². The van der Waals surface area contributed by atoms with Crippen LogP contribution in [0.25, 0.3) is 22.3 Å². The van der Waals surface area contributed by atoms with E-state index in [0.717, 1.165) is 22.2 Å². The predicted molar refractivity (Wildman–Crippen MR) is 221 cm³/mol. The van der Waals surface area contributed by atoms with E-state index in [1.54, 1.807) is 6.92 Å². The third-order valence-corrected chi connectivity index (χ3v) is 13.3. The molecule has 7 aromatic carbocycles. The van der Waals surface area contributed by atoms with Crippen molar-refractivity contribution in [3.8, 4) is 22.3 Å². The smallest absolute Gasteiger partial charge is 0.459 e. The van der Waals surface area contributed by atoms with Crippen molar-refractivity contribution in [1.29, 1.82) is 0 Å². The van der Waals surface area contributed by atoms with Crippen molar-refractivity contribution in [2.24, 2.45) is 0 Å². The second-order valence-corrected chi connectivity index (χ2v) is 16.2. The molecule has 1 fully saturated rings. The molecule has 1 aliphatic heterocycles. The van der Waals surface area contributed by atoms with Gasteiger partial charge in [0, 0.05) is 0 Å². The molecule has 11 rings (SSSR count). The van der Waals surface area contributed by atoms with Crippen LogP contribution in [-0.4, -0.2) is 24.3 Å². The fraction of sp³-hybridized carbons (Fsp3) is 0.157. The van der Waals surface area contributed by atoms with E-state index in [4.69, 9.17) is 14.0 Å². The van der Waals surface area contributed by atoms with Crippen LogP contribution in [0.3, 0.4) is 0 Å². The molecule has 3 aliphatic carbocycles. The van der Waals surface area contributed by atoms with Crippen LogP contribution in [-0.2, 0) is 36.3 Å². The molecule has 0 radical (unpaired) electrons. The lowest BCUT2D eigenvalue weighted by molar-refractivity contribution is -0.169. The highest BCUT2D eigenvalue weighted by Gasteiger charge is 2.63. The molecule has 7 aromatic rings. The van der Waals surface area contributed by atoms with Crippen molar-refractivity contribution in [3.63, 3.8) is 0 Å². The van der Waals surface area contributed by atoms with E-state index in [0.29, 0.717) is 0 Å². The van der Waals surface area contributed by atoms with E-state index in [9.17, 15) is 4.79 Å². The molecule has 4 nitrogen and oxygen atoms in total. The highest BCUT2D eigenvalue weighted by molar-refractivity contribution is 6.64. The number of carbonyl (C=O) groups excluding carboxylic acids is 1. The Bertz CT molecular complexity index is 2740. The first-order chi connectivity index (χ1) is 27.3. The Hall–Kier alpha value is -6.01. The summed E-state index contributed by atoms with van der Waals surface area (Å²) in [5.41, 5.74) is 13.2. The molecular weight excluding hydrogens is 687 g/mol. The Kier molecular flexibility index (Phi) is 7.00. The van der Waals surface area contributed by atoms with Crippen molar-refractivity contribution in [2.45, 2.75) is 49.4 Å². The highest BCUT2D eigenvalue weighted by atomic mass is 16.7. The Balaban J connectivity index is 1.14. The monoisotopic (exact) mass is 726 g/mol. The van der Waals surface area contributed by atoms with E-state index in [2.05, 4.69) is 140 Å². The van der Waals surface area contributed by atoms with Gasteiger partial charge >= 0.3 is 13.1 Å². The van der Waals surface area contributed by atoms with Crippen LogP contribution in [0.15, 0.2) is 170 Å². The van der Waals surface area contributed by atoms with E-state index in [1.807, 2.05) is 44.2 Å². The topological polar surface area (TPSA) is 44.8 Å². The standard InChI is InChI=1S/C51H39BO4/c1-48(2)49(3,47(53)54-32-33-18-6-4-7-19-33)56-52(55-48)44-31-17-29-42-45(44)37-23-11-13-26-39(37)51(42)41-28-15-14-27-40(41)50(34-20-8-5-9-21-34)38-25-12-10-22-35(38)36-24-16-30-43(51)46(36)50/h4-31H,32H2,1-3H3. The molecule has 0 saturated carbocycles. The summed E-state index contributed by atoms with van der Waals surface area (Å²) < 4.78 is 19.5. The van der Waals surface area contributed by atoms with Gasteiger partial charge in [0.2, 0.25) is 0 Å². The minimum Gasteiger partial charge on any atom is -0.459 e. The third kappa shape index (κ3) is 4.09. The average Bonchev–Trinajstić information content (AvgIpc) is 3.82. The SMILES string of the molecule is CC1(C)OB(c2cccc3c2-c2ccccc2C32c3ccccc3C3(c4ccccc4)c4ccccc4-c4cccc2c43)OC1(C)C(=O)OCc1ccccc1. The van der Waals surface area contributed by atoms with Crippen LogP contribution in [0, 0.1) is 0 Å². The minimum absolute atomic E-state index is 0.158. The summed E-state index contributed by atoms with van der Waals surface area (Å²) in [4.78, 5) is 14.0. The van der Waals surface area contributed by atoms with Crippen LogP contribution >= 0.6 is 0 Å². The van der Waals surface area contributed by atoms with Gasteiger partial charge < -0.3 is 14.0 Å². The summed E-state index contributed by atoms with van der Waals surface area (Å²) in [5, 5.41) is 0. The van der Waals surface area contributed by atoms with Crippen LogP contribution in [0.1, 0.15) is 70.8 Å². The number of ether oxygens (including phenoxy) is 1. The van der Waals surface area contributed by atoms with Crippen molar-refractivity contribution in [3.05, 3.63) is 220 Å². The molecule has 56 heavy (non-hydrogen) atoms. The van der Waals surface area contributed by atoms with E-state index in [1.165, 1.54) is 55.6 Å². The molecule has 0 aromatic heterocycles. The maximum Gasteiger partial charge on any atom is 0.495 e. The molecule has 0 N–H and O–H groups in total. The van der Waals surface area contributed by atoms with Gasteiger partial charge in [0.1, 0.15) is 6.61 Å². The Morgan fingerprint density at radius 3 is 1.79 bits per heavy atom. The largest absolute Gasteiger partial charge is 0.495 e. The van der Waals surface area contributed by atoms with Crippen molar-refractivity contribution >= 4 is 18.6 Å². The van der Waals surface area contributed by atoms with Crippen LogP contribution < -0.4 is 5.46 Å². The molecule has 1 spiro atoms. The van der Waals surface area contributed by atoms with Gasteiger partial charge in [0.25, 0.3) is 0 Å². The second kappa shape index (κ2) is 11.8. The lowest BCUT2D eigenvalue weighted by Gasteiger charge is -2.48. The zero-order valence-electron chi connectivity index (χ0n) is 31.6. The Morgan fingerprint density at radius 2 is 1.05 bits per heavy atom. The van der Waals surface area contributed by atoms with Gasteiger partial charge in [-0.25, -0.2) is 4.79 Å². The van der Waals surface area contributed by atoms with Crippen molar-refractivity contribution in [1.82, 2.24) is 0 Å². The number of esters is 1. The number of fused-ring (bicyclic) bond motifs is 12. The highest BCUT2D eigenvalue weighted by Crippen LogP contribution is 2.68. The Morgan fingerprint density at radius 1 is 0.518 bits per heavy atom. The lowest BCUT2D eigenvalue weighted by atomic mass is 9.52. The van der Waals surface area contributed by atoms with Gasteiger partial charge in [-0.2, -0.15) is 0 Å². The first-order valence-corrected chi connectivity index (χ1v) is 19.5. The quantitative estimate of drug-likeness (QED) is 0.131. The zero-order valence-corrected chi connectivity index (χ0v) is 31.6.